The van der Waals surface area contributed by atoms with E-state index < -0.39 is 69.9 Å². The van der Waals surface area contributed by atoms with Gasteiger partial charge in [0.2, 0.25) is 0 Å². The van der Waals surface area contributed by atoms with E-state index in [0.29, 0.717) is 0 Å². The van der Waals surface area contributed by atoms with Gasteiger partial charge in [-0.1, -0.05) is 0 Å². The van der Waals surface area contributed by atoms with Crippen LogP contribution in [-0.4, -0.2) is 65.9 Å². The third-order valence-corrected chi connectivity index (χ3v) is 4.45. The van der Waals surface area contributed by atoms with E-state index in [9.17, 15) is 87.6 Å². The van der Waals surface area contributed by atoms with Crippen molar-refractivity contribution in [2.24, 2.45) is 0 Å². The van der Waals surface area contributed by atoms with Gasteiger partial charge in [0.05, 0.1) is 0 Å². The minimum Gasteiger partial charge on any atom is -0.743 e. The Morgan fingerprint density at radius 1 is 0.562 bits per heavy atom. The molecule has 188 valence electrons. The average molecular weight is 566 g/mol. The van der Waals surface area contributed by atoms with E-state index in [2.05, 4.69) is 0 Å². The third-order valence-electron chi connectivity index (χ3n) is 3.57. The van der Waals surface area contributed by atoms with Gasteiger partial charge >= 0.3 is 98.1 Å². The molecular formula is C10H4F17KO3S. The van der Waals surface area contributed by atoms with E-state index in [1.54, 1.807) is 0 Å². The topological polar surface area (TPSA) is 57.2 Å². The van der Waals surface area contributed by atoms with Crippen molar-refractivity contribution in [3.05, 3.63) is 0 Å². The number of hydrogen-bond donors (Lipinski definition) is 0. The van der Waals surface area contributed by atoms with Crippen molar-refractivity contribution < 1.29 is 139 Å². The van der Waals surface area contributed by atoms with Crippen molar-refractivity contribution in [1.82, 2.24) is 0 Å². The minimum absolute atomic E-state index is 0. The summed E-state index contributed by atoms with van der Waals surface area (Å²) in [6.07, 6.45) is -4.59. The minimum atomic E-state index is -8.89. The second-order valence-corrected chi connectivity index (χ2v) is 7.08. The smallest absolute Gasteiger partial charge is 0.743 e. The van der Waals surface area contributed by atoms with Crippen LogP contribution in [0.1, 0.15) is 6.92 Å². The molecule has 0 saturated carbocycles. The fraction of sp³-hybridized carbons (Fsp3) is 1.00. The van der Waals surface area contributed by atoms with Crippen LogP contribution in [0.4, 0.5) is 74.6 Å². The van der Waals surface area contributed by atoms with Crippen LogP contribution in [-0.2, 0) is 10.1 Å². The van der Waals surface area contributed by atoms with Gasteiger partial charge in [-0.2, -0.15) is 70.2 Å². The van der Waals surface area contributed by atoms with Gasteiger partial charge < -0.3 is 4.55 Å². The fourth-order valence-corrected chi connectivity index (χ4v) is 2.03. The molecule has 0 fully saturated rings. The molecule has 0 aliphatic heterocycles. The summed E-state index contributed by atoms with van der Waals surface area (Å²) in [5.74, 6) is -58.7. The summed E-state index contributed by atoms with van der Waals surface area (Å²) in [7, 11) is -8.14. The number of hydrogen-bond acceptors (Lipinski definition) is 3. The second-order valence-electron chi connectivity index (χ2n) is 5.66. The van der Waals surface area contributed by atoms with Crippen molar-refractivity contribution in [2.75, 3.05) is 0 Å². The van der Waals surface area contributed by atoms with Gasteiger partial charge in [-0.25, -0.2) is 12.8 Å². The number of alkyl halides is 17. The standard InChI is InChI=1S/C10H5F17O3S.K/c1-2(11)3(12,13)4(14,15)5(16,17)6(18,19)7(20,21)8(22,23)9(24,25)10(26,27)31(28,29)30;/h2H,1H3,(H,28,29,30);/q;+1/p-1. The Balaban J connectivity index is 0. The first kappa shape index (κ1) is 34.5. The maximum absolute atomic E-state index is 13.3. The molecule has 1 atom stereocenters. The Morgan fingerprint density at radius 3 is 1.00 bits per heavy atom. The summed E-state index contributed by atoms with van der Waals surface area (Å²) in [6.45, 7) is -0.733. The van der Waals surface area contributed by atoms with Crippen LogP contribution in [0.15, 0.2) is 0 Å². The maximum atomic E-state index is 13.3. The zero-order chi connectivity index (χ0) is 26.1. The van der Waals surface area contributed by atoms with Crippen LogP contribution in [0.2, 0.25) is 0 Å². The molecule has 32 heavy (non-hydrogen) atoms. The Hall–Kier alpha value is 0.356. The first-order valence-electron chi connectivity index (χ1n) is 6.56. The number of halogens is 17. The zero-order valence-corrected chi connectivity index (χ0v) is 18.6. The zero-order valence-electron chi connectivity index (χ0n) is 14.6. The molecule has 0 aromatic carbocycles. The summed E-state index contributed by atoms with van der Waals surface area (Å²) in [5, 5.41) is -7.95. The molecule has 3 nitrogen and oxygen atoms in total. The predicted octanol–water partition coefficient (Wildman–Crippen LogP) is 1.93. The van der Waals surface area contributed by atoms with E-state index in [1.807, 2.05) is 0 Å². The van der Waals surface area contributed by atoms with E-state index in [4.69, 9.17) is 0 Å². The normalized spacial score (nSPS) is 17.1. The monoisotopic (exact) mass is 566 g/mol. The molecule has 0 bridgehead atoms. The van der Waals surface area contributed by atoms with E-state index in [0.717, 1.165) is 0 Å². The molecule has 0 N–H and O–H groups in total. The second kappa shape index (κ2) is 8.78. The first-order valence-corrected chi connectivity index (χ1v) is 7.97. The molecule has 0 aliphatic carbocycles. The summed E-state index contributed by atoms with van der Waals surface area (Å²) < 4.78 is 251. The van der Waals surface area contributed by atoms with Gasteiger partial charge in [-0.15, -0.1) is 0 Å². The molecule has 0 radical (unpaired) electrons. The van der Waals surface area contributed by atoms with Crippen LogP contribution in [0.25, 0.3) is 0 Å². The molecular weight excluding hydrogens is 562 g/mol. The van der Waals surface area contributed by atoms with Crippen LogP contribution in [0.3, 0.4) is 0 Å². The maximum Gasteiger partial charge on any atom is 1.00 e. The first-order chi connectivity index (χ1) is 12.9. The number of rotatable bonds is 9. The molecule has 0 aromatic heterocycles. The molecule has 0 aliphatic rings. The predicted molar refractivity (Wildman–Crippen MR) is 59.8 cm³/mol. The van der Waals surface area contributed by atoms with Gasteiger partial charge in [0.1, 0.15) is 0 Å². The van der Waals surface area contributed by atoms with Crippen molar-refractivity contribution in [1.29, 1.82) is 0 Å². The van der Waals surface area contributed by atoms with Crippen LogP contribution in [0.5, 0.6) is 0 Å². The molecule has 1 unspecified atom stereocenters. The van der Waals surface area contributed by atoms with Gasteiger partial charge in [-0.3, -0.25) is 0 Å². The quantitative estimate of drug-likeness (QED) is 0.244. The fourth-order valence-electron chi connectivity index (χ4n) is 1.59. The van der Waals surface area contributed by atoms with Gasteiger partial charge in [0.25, 0.3) is 0 Å². The molecule has 0 heterocycles. The molecule has 0 amide bonds. The Labute approximate surface area is 207 Å². The van der Waals surface area contributed by atoms with Gasteiger partial charge in [0, 0.05) is 0 Å². The Kier molecular flexibility index (Phi) is 9.48. The molecule has 22 heteroatoms. The van der Waals surface area contributed by atoms with Crippen LogP contribution in [0, 0.1) is 0 Å². The van der Waals surface area contributed by atoms with Crippen molar-refractivity contribution in [3.63, 3.8) is 0 Å². The van der Waals surface area contributed by atoms with E-state index >= 15 is 0 Å². The summed E-state index contributed by atoms with van der Waals surface area (Å²) in [5.41, 5.74) is 0. The Morgan fingerprint density at radius 2 is 0.781 bits per heavy atom. The molecule has 0 saturated heterocycles. The summed E-state index contributed by atoms with van der Waals surface area (Å²) in [6, 6.07) is 0. The summed E-state index contributed by atoms with van der Waals surface area (Å²) in [4.78, 5) is 0. The largest absolute Gasteiger partial charge is 1.00 e. The van der Waals surface area contributed by atoms with Crippen molar-refractivity contribution in [3.8, 4) is 0 Å². The van der Waals surface area contributed by atoms with E-state index in [1.165, 1.54) is 0 Å². The van der Waals surface area contributed by atoms with Gasteiger partial charge in [0.15, 0.2) is 16.3 Å². The Bertz CT molecular complexity index is 790. The van der Waals surface area contributed by atoms with Crippen molar-refractivity contribution >= 4 is 10.1 Å². The van der Waals surface area contributed by atoms with Crippen LogP contribution >= 0.6 is 0 Å². The molecule has 0 rings (SSSR count). The third kappa shape index (κ3) is 4.26. The SMILES string of the molecule is CC(F)C(F)(F)C(F)(F)C(F)(F)C(F)(F)C(F)(F)C(F)(F)C(F)(F)C(F)(F)S(=O)(=O)[O-].[K+]. The molecule has 0 spiro atoms. The molecule has 0 aromatic rings. The summed E-state index contributed by atoms with van der Waals surface area (Å²) >= 11 is 0. The van der Waals surface area contributed by atoms with E-state index in [-0.39, 0.29) is 51.4 Å². The van der Waals surface area contributed by atoms with Gasteiger partial charge in [-0.05, 0) is 6.92 Å². The average Bonchev–Trinajstić information content (AvgIpc) is 2.52. The van der Waals surface area contributed by atoms with Crippen molar-refractivity contribution in [2.45, 2.75) is 59.8 Å². The van der Waals surface area contributed by atoms with Crippen LogP contribution < -0.4 is 51.4 Å².